The summed E-state index contributed by atoms with van der Waals surface area (Å²) < 4.78 is 10.6. The summed E-state index contributed by atoms with van der Waals surface area (Å²) in [4.78, 5) is 15.6. The summed E-state index contributed by atoms with van der Waals surface area (Å²) in [7, 11) is 1.42. The SMILES string of the molecule is CCNC(=NCCCCC(=O)OC)NCCOC1CCCCCC1. The number of carbonyl (C=O) groups excluding carboxylic acids is 1. The lowest BCUT2D eigenvalue weighted by atomic mass is 10.1. The monoisotopic (exact) mass is 341 g/mol. The van der Waals surface area contributed by atoms with Gasteiger partial charge in [0.25, 0.3) is 0 Å². The Balaban J connectivity index is 2.14. The van der Waals surface area contributed by atoms with Gasteiger partial charge >= 0.3 is 5.97 Å². The lowest BCUT2D eigenvalue weighted by Crippen LogP contribution is -2.39. The maximum absolute atomic E-state index is 11.0. The van der Waals surface area contributed by atoms with Gasteiger partial charge in [0.15, 0.2) is 5.96 Å². The van der Waals surface area contributed by atoms with Crippen molar-refractivity contribution in [3.63, 3.8) is 0 Å². The van der Waals surface area contributed by atoms with Gasteiger partial charge in [0, 0.05) is 26.1 Å². The van der Waals surface area contributed by atoms with Crippen molar-refractivity contribution in [3.8, 4) is 0 Å². The van der Waals surface area contributed by atoms with Gasteiger partial charge in [-0.05, 0) is 32.6 Å². The number of esters is 1. The molecule has 0 aromatic rings. The molecule has 0 heterocycles. The first-order valence-electron chi connectivity index (χ1n) is 9.46. The van der Waals surface area contributed by atoms with Crippen molar-refractivity contribution >= 4 is 11.9 Å². The van der Waals surface area contributed by atoms with Crippen molar-refractivity contribution in [2.75, 3.05) is 33.4 Å². The highest BCUT2D eigenvalue weighted by Gasteiger charge is 2.12. The summed E-state index contributed by atoms with van der Waals surface area (Å²) in [5.74, 6) is 0.666. The number of hydrogen-bond donors (Lipinski definition) is 2. The van der Waals surface area contributed by atoms with E-state index in [2.05, 4.69) is 27.3 Å². The van der Waals surface area contributed by atoms with Crippen LogP contribution < -0.4 is 10.6 Å². The molecular weight excluding hydrogens is 306 g/mol. The first-order valence-corrected chi connectivity index (χ1v) is 9.46. The number of aliphatic imine (C=N–C) groups is 1. The maximum atomic E-state index is 11.0. The molecule has 0 saturated heterocycles. The predicted molar refractivity (Wildman–Crippen MR) is 97.3 cm³/mol. The van der Waals surface area contributed by atoms with E-state index in [1.807, 2.05) is 0 Å². The number of nitrogens with one attached hydrogen (secondary N) is 2. The largest absolute Gasteiger partial charge is 0.469 e. The van der Waals surface area contributed by atoms with E-state index >= 15 is 0 Å². The minimum atomic E-state index is -0.153. The first-order chi connectivity index (χ1) is 11.8. The molecule has 0 unspecified atom stereocenters. The lowest BCUT2D eigenvalue weighted by Gasteiger charge is -2.16. The van der Waals surface area contributed by atoms with Crippen molar-refractivity contribution in [2.45, 2.75) is 70.8 Å². The van der Waals surface area contributed by atoms with Gasteiger partial charge in [-0.25, -0.2) is 0 Å². The highest BCUT2D eigenvalue weighted by molar-refractivity contribution is 5.79. The van der Waals surface area contributed by atoms with Gasteiger partial charge in [-0.3, -0.25) is 9.79 Å². The van der Waals surface area contributed by atoms with Gasteiger partial charge in [-0.2, -0.15) is 0 Å². The molecule has 0 atom stereocenters. The van der Waals surface area contributed by atoms with E-state index in [1.54, 1.807) is 0 Å². The molecule has 1 saturated carbocycles. The summed E-state index contributed by atoms with van der Waals surface area (Å²) in [6.07, 6.45) is 10.3. The fraction of sp³-hybridized carbons (Fsp3) is 0.889. The molecule has 0 amide bonds. The number of unbranched alkanes of at least 4 members (excludes halogenated alkanes) is 1. The fourth-order valence-corrected chi connectivity index (χ4v) is 2.82. The Morgan fingerprint density at radius 2 is 1.88 bits per heavy atom. The van der Waals surface area contributed by atoms with E-state index in [1.165, 1.54) is 45.6 Å². The van der Waals surface area contributed by atoms with Crippen LogP contribution in [0.5, 0.6) is 0 Å². The number of rotatable bonds is 10. The summed E-state index contributed by atoms with van der Waals surface area (Å²) >= 11 is 0. The van der Waals surface area contributed by atoms with Gasteiger partial charge in [-0.15, -0.1) is 0 Å². The third-order valence-electron chi connectivity index (χ3n) is 4.18. The zero-order valence-electron chi connectivity index (χ0n) is 15.4. The van der Waals surface area contributed by atoms with Crippen LogP contribution in [0, 0.1) is 0 Å². The van der Waals surface area contributed by atoms with Gasteiger partial charge in [0.1, 0.15) is 0 Å². The highest BCUT2D eigenvalue weighted by atomic mass is 16.5. The quantitative estimate of drug-likeness (QED) is 0.210. The number of guanidine groups is 1. The molecule has 2 N–H and O–H groups in total. The third-order valence-corrected chi connectivity index (χ3v) is 4.18. The van der Waals surface area contributed by atoms with Crippen molar-refractivity contribution in [1.29, 1.82) is 0 Å². The number of carbonyl (C=O) groups is 1. The van der Waals surface area contributed by atoms with Gasteiger partial charge in [0.05, 0.1) is 19.8 Å². The molecule has 0 aliphatic heterocycles. The Morgan fingerprint density at radius 3 is 2.54 bits per heavy atom. The molecular formula is C18H35N3O3. The average molecular weight is 341 g/mol. The van der Waals surface area contributed by atoms with Crippen LogP contribution in [0.25, 0.3) is 0 Å². The number of methoxy groups -OCH3 is 1. The Hall–Kier alpha value is -1.30. The van der Waals surface area contributed by atoms with Crippen LogP contribution in [0.1, 0.15) is 64.7 Å². The molecule has 1 rings (SSSR count). The molecule has 1 fully saturated rings. The standard InChI is InChI=1S/C18H35N3O3/c1-3-19-18(20-13-9-8-12-17(22)23-2)21-14-15-24-16-10-6-4-5-7-11-16/h16H,3-15H2,1-2H3,(H2,19,20,21). The maximum Gasteiger partial charge on any atom is 0.305 e. The lowest BCUT2D eigenvalue weighted by molar-refractivity contribution is -0.140. The topological polar surface area (TPSA) is 72.0 Å². The van der Waals surface area contributed by atoms with Crippen LogP contribution in [0.3, 0.4) is 0 Å². The van der Waals surface area contributed by atoms with Crippen LogP contribution in [-0.4, -0.2) is 51.4 Å². The van der Waals surface area contributed by atoms with Gasteiger partial charge in [0.2, 0.25) is 0 Å². The van der Waals surface area contributed by atoms with Crippen molar-refractivity contribution in [1.82, 2.24) is 10.6 Å². The zero-order valence-corrected chi connectivity index (χ0v) is 15.4. The van der Waals surface area contributed by atoms with Crippen molar-refractivity contribution in [2.24, 2.45) is 4.99 Å². The highest BCUT2D eigenvalue weighted by Crippen LogP contribution is 2.19. The van der Waals surface area contributed by atoms with E-state index < -0.39 is 0 Å². The summed E-state index contributed by atoms with van der Waals surface area (Å²) in [6, 6.07) is 0. The summed E-state index contributed by atoms with van der Waals surface area (Å²) in [5.41, 5.74) is 0. The molecule has 0 radical (unpaired) electrons. The number of ether oxygens (including phenoxy) is 2. The number of hydrogen-bond acceptors (Lipinski definition) is 4. The van der Waals surface area contributed by atoms with Crippen LogP contribution in [-0.2, 0) is 14.3 Å². The summed E-state index contributed by atoms with van der Waals surface area (Å²) in [6.45, 7) is 5.08. The van der Waals surface area contributed by atoms with E-state index in [0.29, 0.717) is 19.1 Å². The first kappa shape index (κ1) is 20.7. The van der Waals surface area contributed by atoms with E-state index in [9.17, 15) is 4.79 Å². The van der Waals surface area contributed by atoms with E-state index in [0.717, 1.165) is 38.5 Å². The molecule has 0 aromatic carbocycles. The van der Waals surface area contributed by atoms with Crippen LogP contribution in [0.15, 0.2) is 4.99 Å². The van der Waals surface area contributed by atoms with E-state index in [-0.39, 0.29) is 5.97 Å². The predicted octanol–water partition coefficient (Wildman–Crippen LogP) is 2.62. The molecule has 0 spiro atoms. The third kappa shape index (κ3) is 10.5. The molecule has 0 aromatic heterocycles. The Morgan fingerprint density at radius 1 is 1.12 bits per heavy atom. The summed E-state index contributed by atoms with van der Waals surface area (Å²) in [5, 5.41) is 6.54. The Bertz CT molecular complexity index is 353. The molecule has 6 heteroatoms. The van der Waals surface area contributed by atoms with Crippen LogP contribution >= 0.6 is 0 Å². The molecule has 140 valence electrons. The van der Waals surface area contributed by atoms with Crippen LogP contribution in [0.2, 0.25) is 0 Å². The van der Waals surface area contributed by atoms with Crippen molar-refractivity contribution in [3.05, 3.63) is 0 Å². The van der Waals surface area contributed by atoms with Gasteiger partial charge < -0.3 is 20.1 Å². The molecule has 0 bridgehead atoms. The molecule has 1 aliphatic rings. The second-order valence-electron chi connectivity index (χ2n) is 6.21. The minimum absolute atomic E-state index is 0.153. The van der Waals surface area contributed by atoms with Gasteiger partial charge in [-0.1, -0.05) is 25.7 Å². The molecule has 1 aliphatic carbocycles. The molecule has 24 heavy (non-hydrogen) atoms. The second kappa shape index (κ2) is 14.1. The fourth-order valence-electron chi connectivity index (χ4n) is 2.82. The smallest absolute Gasteiger partial charge is 0.305 e. The second-order valence-corrected chi connectivity index (χ2v) is 6.21. The molecule has 6 nitrogen and oxygen atoms in total. The normalized spacial score (nSPS) is 16.5. The van der Waals surface area contributed by atoms with Crippen molar-refractivity contribution < 1.29 is 14.3 Å². The minimum Gasteiger partial charge on any atom is -0.469 e. The Kier molecular flexibility index (Phi) is 12.2. The van der Waals surface area contributed by atoms with E-state index in [4.69, 9.17) is 4.74 Å². The Labute approximate surface area is 146 Å². The zero-order chi connectivity index (χ0) is 17.5. The average Bonchev–Trinajstić information content (AvgIpc) is 2.86. The number of nitrogens with zero attached hydrogens (tertiary/aromatic N) is 1. The van der Waals surface area contributed by atoms with Crippen LogP contribution in [0.4, 0.5) is 0 Å².